The summed E-state index contributed by atoms with van der Waals surface area (Å²) in [4.78, 5) is 0. The largest absolute Gasteiger partial charge is 0.0795 e. The summed E-state index contributed by atoms with van der Waals surface area (Å²) in [6.07, 6.45) is 8.04. The SMILES string of the molecule is C.CC.CCCc1ccc2c(c1)C=CC2. The van der Waals surface area contributed by atoms with Gasteiger partial charge < -0.3 is 0 Å². The smallest absolute Gasteiger partial charge is 0.00882 e. The molecule has 0 heteroatoms. The van der Waals surface area contributed by atoms with Gasteiger partial charge in [-0.15, -0.1) is 0 Å². The first-order chi connectivity index (χ1) is 6.90. The van der Waals surface area contributed by atoms with E-state index in [1.54, 1.807) is 0 Å². The van der Waals surface area contributed by atoms with Crippen molar-refractivity contribution in [2.45, 2.75) is 47.5 Å². The van der Waals surface area contributed by atoms with Crippen LogP contribution in [0.25, 0.3) is 6.08 Å². The summed E-state index contributed by atoms with van der Waals surface area (Å²) in [6, 6.07) is 6.85. The molecule has 0 heterocycles. The Kier molecular flexibility index (Phi) is 6.77. The van der Waals surface area contributed by atoms with Crippen molar-refractivity contribution in [3.05, 3.63) is 41.0 Å². The molecule has 0 saturated heterocycles. The van der Waals surface area contributed by atoms with Crippen LogP contribution in [0.1, 0.15) is 51.3 Å². The molecule has 0 aliphatic heterocycles. The molecule has 0 unspecified atom stereocenters. The first kappa shape index (κ1) is 14.0. The molecular weight excluding hydrogens is 180 g/mol. The van der Waals surface area contributed by atoms with E-state index in [-0.39, 0.29) is 7.43 Å². The first-order valence-electron chi connectivity index (χ1n) is 5.68. The second-order valence-corrected chi connectivity index (χ2v) is 3.39. The van der Waals surface area contributed by atoms with Crippen molar-refractivity contribution in [3.8, 4) is 0 Å². The summed E-state index contributed by atoms with van der Waals surface area (Å²) in [6.45, 7) is 6.23. The van der Waals surface area contributed by atoms with Gasteiger partial charge in [0, 0.05) is 0 Å². The fraction of sp³-hybridized carbons (Fsp3) is 0.467. The maximum atomic E-state index is 2.32. The second-order valence-electron chi connectivity index (χ2n) is 3.39. The molecule has 1 aliphatic rings. The summed E-state index contributed by atoms with van der Waals surface area (Å²) in [5, 5.41) is 0. The number of rotatable bonds is 2. The Bertz CT molecular complexity index is 308. The van der Waals surface area contributed by atoms with Crippen LogP contribution in [0.15, 0.2) is 24.3 Å². The van der Waals surface area contributed by atoms with Crippen LogP contribution < -0.4 is 0 Å². The van der Waals surface area contributed by atoms with E-state index in [9.17, 15) is 0 Å². The number of fused-ring (bicyclic) bond motifs is 1. The van der Waals surface area contributed by atoms with Gasteiger partial charge in [-0.3, -0.25) is 0 Å². The van der Waals surface area contributed by atoms with Gasteiger partial charge in [0.1, 0.15) is 0 Å². The Morgan fingerprint density at radius 3 is 2.60 bits per heavy atom. The van der Waals surface area contributed by atoms with Gasteiger partial charge in [0.2, 0.25) is 0 Å². The van der Waals surface area contributed by atoms with Crippen molar-refractivity contribution >= 4 is 6.08 Å². The van der Waals surface area contributed by atoms with Gasteiger partial charge in [0.25, 0.3) is 0 Å². The van der Waals surface area contributed by atoms with Crippen LogP contribution in [0.4, 0.5) is 0 Å². The average Bonchev–Trinajstić information content (AvgIpc) is 2.68. The zero-order valence-electron chi connectivity index (χ0n) is 9.51. The van der Waals surface area contributed by atoms with Crippen LogP contribution in [0.5, 0.6) is 0 Å². The zero-order chi connectivity index (χ0) is 10.4. The topological polar surface area (TPSA) is 0 Å². The van der Waals surface area contributed by atoms with E-state index < -0.39 is 0 Å². The lowest BCUT2D eigenvalue weighted by molar-refractivity contribution is 0.920. The van der Waals surface area contributed by atoms with Crippen molar-refractivity contribution in [2.24, 2.45) is 0 Å². The molecule has 0 radical (unpaired) electrons. The molecule has 0 N–H and O–H groups in total. The average molecular weight is 204 g/mol. The van der Waals surface area contributed by atoms with E-state index in [2.05, 4.69) is 37.3 Å². The maximum absolute atomic E-state index is 2.32. The molecule has 15 heavy (non-hydrogen) atoms. The molecular formula is C15H24. The van der Waals surface area contributed by atoms with Gasteiger partial charge in [-0.2, -0.15) is 0 Å². The normalized spacial score (nSPS) is 11.1. The molecule has 1 aromatic rings. The lowest BCUT2D eigenvalue weighted by atomic mass is 10.0. The summed E-state index contributed by atoms with van der Waals surface area (Å²) < 4.78 is 0. The van der Waals surface area contributed by atoms with Gasteiger partial charge in [0.15, 0.2) is 0 Å². The highest BCUT2D eigenvalue weighted by atomic mass is 14.1. The monoisotopic (exact) mass is 204 g/mol. The fourth-order valence-electron chi connectivity index (χ4n) is 1.74. The Labute approximate surface area is 95.0 Å². The van der Waals surface area contributed by atoms with E-state index >= 15 is 0 Å². The van der Waals surface area contributed by atoms with Gasteiger partial charge in [-0.05, 0) is 29.5 Å². The van der Waals surface area contributed by atoms with E-state index in [0.29, 0.717) is 0 Å². The Balaban J connectivity index is 0.000000617. The first-order valence-corrected chi connectivity index (χ1v) is 5.68. The molecule has 0 amide bonds. The number of allylic oxidation sites excluding steroid dienone is 1. The highest BCUT2D eigenvalue weighted by molar-refractivity contribution is 5.60. The fourth-order valence-corrected chi connectivity index (χ4v) is 1.74. The molecule has 0 fully saturated rings. The minimum Gasteiger partial charge on any atom is -0.0795 e. The van der Waals surface area contributed by atoms with Gasteiger partial charge in [-0.1, -0.05) is 65.0 Å². The molecule has 1 aliphatic carbocycles. The van der Waals surface area contributed by atoms with Crippen LogP contribution in [0.3, 0.4) is 0 Å². The lowest BCUT2D eigenvalue weighted by Crippen LogP contribution is -1.86. The maximum Gasteiger partial charge on any atom is -0.00882 e. The van der Waals surface area contributed by atoms with E-state index in [4.69, 9.17) is 0 Å². The molecule has 0 spiro atoms. The number of hydrogen-bond donors (Lipinski definition) is 0. The molecule has 0 saturated carbocycles. The van der Waals surface area contributed by atoms with Crippen molar-refractivity contribution in [3.63, 3.8) is 0 Å². The predicted molar refractivity (Wildman–Crippen MR) is 71.3 cm³/mol. The highest BCUT2D eigenvalue weighted by Crippen LogP contribution is 2.20. The summed E-state index contributed by atoms with van der Waals surface area (Å²) in [5.74, 6) is 0. The minimum atomic E-state index is 0. The Morgan fingerprint density at radius 1 is 1.20 bits per heavy atom. The molecule has 1 aromatic carbocycles. The lowest BCUT2D eigenvalue weighted by Gasteiger charge is -2.02. The molecule has 0 bridgehead atoms. The molecule has 0 atom stereocenters. The summed E-state index contributed by atoms with van der Waals surface area (Å²) in [7, 11) is 0. The Morgan fingerprint density at radius 2 is 1.93 bits per heavy atom. The minimum absolute atomic E-state index is 0. The third-order valence-electron chi connectivity index (χ3n) is 2.38. The second kappa shape index (κ2) is 7.28. The Hall–Kier alpha value is -1.04. The van der Waals surface area contributed by atoms with Crippen LogP contribution in [-0.2, 0) is 12.8 Å². The molecule has 84 valence electrons. The van der Waals surface area contributed by atoms with Crippen molar-refractivity contribution in [1.29, 1.82) is 0 Å². The van der Waals surface area contributed by atoms with Crippen molar-refractivity contribution in [2.75, 3.05) is 0 Å². The third kappa shape index (κ3) is 3.54. The van der Waals surface area contributed by atoms with Crippen molar-refractivity contribution < 1.29 is 0 Å². The summed E-state index contributed by atoms with van der Waals surface area (Å²) in [5.41, 5.74) is 4.39. The number of aryl methyl sites for hydroxylation is 1. The van der Waals surface area contributed by atoms with E-state index in [1.165, 1.54) is 29.5 Å². The highest BCUT2D eigenvalue weighted by Gasteiger charge is 2.04. The van der Waals surface area contributed by atoms with Gasteiger partial charge in [0.05, 0.1) is 0 Å². The van der Waals surface area contributed by atoms with Crippen molar-refractivity contribution in [1.82, 2.24) is 0 Å². The van der Waals surface area contributed by atoms with Crippen LogP contribution in [0, 0.1) is 0 Å². The van der Waals surface area contributed by atoms with E-state index in [0.717, 1.165) is 6.42 Å². The summed E-state index contributed by atoms with van der Waals surface area (Å²) >= 11 is 0. The molecule has 0 nitrogen and oxygen atoms in total. The third-order valence-corrected chi connectivity index (χ3v) is 2.38. The quantitative estimate of drug-likeness (QED) is 0.644. The van der Waals surface area contributed by atoms with E-state index in [1.807, 2.05) is 13.8 Å². The molecule has 2 rings (SSSR count). The van der Waals surface area contributed by atoms with Gasteiger partial charge in [-0.25, -0.2) is 0 Å². The van der Waals surface area contributed by atoms with Crippen LogP contribution in [-0.4, -0.2) is 0 Å². The van der Waals surface area contributed by atoms with Gasteiger partial charge >= 0.3 is 0 Å². The van der Waals surface area contributed by atoms with Crippen LogP contribution in [0.2, 0.25) is 0 Å². The zero-order valence-corrected chi connectivity index (χ0v) is 9.51. The number of benzene rings is 1. The standard InChI is InChI=1S/C12H14.C2H6.CH4/c1-2-4-10-7-8-11-5-3-6-12(11)9-10;1-2;/h3,6-9H,2,4-5H2,1H3;1-2H3;1H4. The van der Waals surface area contributed by atoms with Crippen LogP contribution >= 0.6 is 0 Å². The predicted octanol–water partition coefficient (Wildman–Crippen LogP) is 4.87. The molecule has 0 aromatic heterocycles. The number of hydrogen-bond acceptors (Lipinski definition) is 0.